The van der Waals surface area contributed by atoms with E-state index >= 15 is 0 Å². The number of ether oxygens (including phenoxy) is 1. The highest BCUT2D eigenvalue weighted by Crippen LogP contribution is 2.16. The second-order valence-electron chi connectivity index (χ2n) is 4.11. The van der Waals surface area contributed by atoms with Gasteiger partial charge in [-0.15, -0.1) is 0 Å². The molecule has 2 rings (SSSR count). The van der Waals surface area contributed by atoms with Gasteiger partial charge in [0.05, 0.1) is 7.11 Å². The van der Waals surface area contributed by atoms with Crippen molar-refractivity contribution in [3.05, 3.63) is 48.0 Å². The van der Waals surface area contributed by atoms with Crippen molar-refractivity contribution >= 4 is 16.7 Å². The number of benzene rings is 2. The van der Waals surface area contributed by atoms with Crippen LogP contribution >= 0.6 is 0 Å². The van der Waals surface area contributed by atoms with Crippen LogP contribution in [0.4, 0.5) is 0 Å². The number of rotatable bonds is 4. The third kappa shape index (κ3) is 3.06. The summed E-state index contributed by atoms with van der Waals surface area (Å²) in [5, 5.41) is 2.51. The van der Waals surface area contributed by atoms with Crippen molar-refractivity contribution in [2.45, 2.75) is 19.3 Å². The van der Waals surface area contributed by atoms with E-state index < -0.39 is 0 Å². The predicted molar refractivity (Wildman–Crippen MR) is 68.9 cm³/mol. The van der Waals surface area contributed by atoms with Gasteiger partial charge in [-0.1, -0.05) is 42.5 Å². The van der Waals surface area contributed by atoms with Crippen molar-refractivity contribution in [2.24, 2.45) is 0 Å². The van der Waals surface area contributed by atoms with E-state index in [2.05, 4.69) is 35.1 Å². The first kappa shape index (κ1) is 11.6. The fourth-order valence-electron chi connectivity index (χ4n) is 1.93. The number of methoxy groups -OCH3 is 1. The van der Waals surface area contributed by atoms with Crippen LogP contribution in [0.25, 0.3) is 10.8 Å². The van der Waals surface area contributed by atoms with E-state index in [9.17, 15) is 4.79 Å². The van der Waals surface area contributed by atoms with Crippen molar-refractivity contribution in [2.75, 3.05) is 7.11 Å². The van der Waals surface area contributed by atoms with Gasteiger partial charge in [0.15, 0.2) is 0 Å². The topological polar surface area (TPSA) is 26.3 Å². The highest BCUT2D eigenvalue weighted by atomic mass is 16.6. The lowest BCUT2D eigenvalue weighted by atomic mass is 11.0. The molecule has 17 heavy (non-hydrogen) atoms. The number of fused-ring (bicyclic) bond motifs is 1. The molecule has 2 aromatic rings. The molecule has 88 valence electrons. The minimum absolute atomic E-state index is 0.134. The first-order valence-electron chi connectivity index (χ1n) is 5.84. The SMILES string of the molecule is CO[13C](=O)[13CH2][13CH2][13CH2][13c]1[13cH][13cH][13c]2[13cH][13cH][13cH][13cH][13c]2[13cH]1. The molecule has 0 aliphatic carbocycles. The summed E-state index contributed by atoms with van der Waals surface area (Å²) < 4.78 is 4.62. The van der Waals surface area contributed by atoms with Crippen molar-refractivity contribution in [1.82, 2.24) is 0 Å². The van der Waals surface area contributed by atoms with Crippen molar-refractivity contribution in [1.29, 1.82) is 0 Å². The summed E-state index contributed by atoms with van der Waals surface area (Å²) in [6.07, 6.45) is 2.24. The molecule has 0 N–H and O–H groups in total. The average molecular weight is 242 g/mol. The fraction of sp³-hybridized carbons (Fsp3) is 0.267. The maximum Gasteiger partial charge on any atom is 0.305 e. The molecular formula is C15H16O2. The Hall–Kier alpha value is -1.83. The maximum absolute atomic E-state index is 11.0. The first-order chi connectivity index (χ1) is 8.29. The number of carbonyl (C=O) groups is 1. The zero-order valence-corrected chi connectivity index (χ0v) is 9.98. The van der Waals surface area contributed by atoms with E-state index in [-0.39, 0.29) is 5.97 Å². The molecule has 2 heteroatoms. The van der Waals surface area contributed by atoms with E-state index in [0.717, 1.165) is 12.8 Å². The Kier molecular flexibility index (Phi) is 3.76. The monoisotopic (exact) mass is 242 g/mol. The van der Waals surface area contributed by atoms with Crippen LogP contribution in [0.2, 0.25) is 0 Å². The van der Waals surface area contributed by atoms with Gasteiger partial charge < -0.3 is 4.74 Å². The van der Waals surface area contributed by atoms with Crippen molar-refractivity contribution in [3.8, 4) is 0 Å². The number of esters is 1. The summed E-state index contributed by atoms with van der Waals surface area (Å²) >= 11 is 0. The van der Waals surface area contributed by atoms with Crippen LogP contribution < -0.4 is 0 Å². The third-order valence-corrected chi connectivity index (χ3v) is 2.89. The third-order valence-electron chi connectivity index (χ3n) is 2.89. The lowest BCUT2D eigenvalue weighted by Gasteiger charge is -2.03. The van der Waals surface area contributed by atoms with Gasteiger partial charge in [-0.3, -0.25) is 4.79 Å². The molecular weight excluding hydrogens is 226 g/mol. The van der Waals surface area contributed by atoms with Crippen LogP contribution in [0.15, 0.2) is 42.5 Å². The molecule has 0 saturated heterocycles. The average Bonchev–Trinajstić information content (AvgIpc) is 2.38. The van der Waals surface area contributed by atoms with E-state index in [1.165, 1.54) is 23.4 Å². The molecule has 0 aromatic heterocycles. The van der Waals surface area contributed by atoms with Crippen LogP contribution in [-0.2, 0) is 16.0 Å². The fourth-order valence-corrected chi connectivity index (χ4v) is 1.93. The Balaban J connectivity index is 2.02. The van der Waals surface area contributed by atoms with Crippen LogP contribution in [0, 0.1) is 0 Å². The van der Waals surface area contributed by atoms with Crippen molar-refractivity contribution < 1.29 is 9.53 Å². The molecule has 0 atom stereocenters. The number of carbonyl (C=O) groups excluding carboxylic acids is 1. The van der Waals surface area contributed by atoms with Gasteiger partial charge >= 0.3 is 5.97 Å². The largest absolute Gasteiger partial charge is 0.469 e. The van der Waals surface area contributed by atoms with Crippen LogP contribution in [0.5, 0.6) is 0 Å². The van der Waals surface area contributed by atoms with Crippen molar-refractivity contribution in [3.63, 3.8) is 0 Å². The lowest BCUT2D eigenvalue weighted by Crippen LogP contribution is -2.00. The maximum atomic E-state index is 11.0. The minimum Gasteiger partial charge on any atom is -0.469 e. The van der Waals surface area contributed by atoms with E-state index in [1.807, 2.05) is 12.1 Å². The molecule has 0 unspecified atom stereocenters. The Labute approximate surface area is 101 Å². The first-order valence-corrected chi connectivity index (χ1v) is 5.84. The summed E-state index contributed by atoms with van der Waals surface area (Å²) in [5.41, 5.74) is 1.27. The second-order valence-corrected chi connectivity index (χ2v) is 4.11. The Morgan fingerprint density at radius 1 is 1.12 bits per heavy atom. The summed E-state index contributed by atoms with van der Waals surface area (Å²) in [4.78, 5) is 11.0. The van der Waals surface area contributed by atoms with Crippen LogP contribution in [0.1, 0.15) is 18.4 Å². The number of aryl methyl sites for hydroxylation is 1. The van der Waals surface area contributed by atoms with Gasteiger partial charge in [-0.2, -0.15) is 0 Å². The summed E-state index contributed by atoms with van der Waals surface area (Å²) in [6, 6.07) is 14.7. The highest BCUT2D eigenvalue weighted by molar-refractivity contribution is 5.83. The zero-order chi connectivity index (χ0) is 12.1. The van der Waals surface area contributed by atoms with Gasteiger partial charge in [0.1, 0.15) is 0 Å². The molecule has 0 amide bonds. The quantitative estimate of drug-likeness (QED) is 0.607. The summed E-state index contributed by atoms with van der Waals surface area (Å²) in [7, 11) is 1.43. The van der Waals surface area contributed by atoms with Crippen LogP contribution in [0.3, 0.4) is 0 Å². The molecule has 0 radical (unpaired) electrons. The van der Waals surface area contributed by atoms with Gasteiger partial charge in [0.25, 0.3) is 0 Å². The van der Waals surface area contributed by atoms with E-state index in [4.69, 9.17) is 0 Å². The molecule has 0 saturated carbocycles. The summed E-state index contributed by atoms with van der Waals surface area (Å²) in [5.74, 6) is -0.134. The Bertz CT molecular complexity index is 517. The molecule has 2 aromatic carbocycles. The van der Waals surface area contributed by atoms with Crippen LogP contribution in [-0.4, -0.2) is 13.1 Å². The second kappa shape index (κ2) is 5.48. The smallest absolute Gasteiger partial charge is 0.305 e. The standard InChI is InChI=1S/C15H16O2/c1-17-15(16)8-4-5-12-9-10-13-6-2-3-7-14(13)11-12/h2-3,6-7,9-11H,4-5,8H2,1H3/i2+1,3+1,4+1,5+1,6+1,7+1,8+1,9+1,10+1,11+1,12+1,13+1,14+1,15+1. The molecule has 0 bridgehead atoms. The Morgan fingerprint density at radius 2 is 1.88 bits per heavy atom. The zero-order valence-electron chi connectivity index (χ0n) is 9.98. The Morgan fingerprint density at radius 3 is 2.65 bits per heavy atom. The predicted octanol–water partition coefficient (Wildman–Crippen LogP) is 3.34. The van der Waals surface area contributed by atoms with Gasteiger partial charge in [0.2, 0.25) is 0 Å². The number of hydrogen-bond donors (Lipinski definition) is 0. The minimum atomic E-state index is -0.134. The van der Waals surface area contributed by atoms with E-state index in [0.29, 0.717) is 6.42 Å². The molecule has 0 aliphatic heterocycles. The molecule has 2 nitrogen and oxygen atoms in total. The molecule has 0 aliphatic rings. The molecule has 0 heterocycles. The normalized spacial score (nSPS) is 10.4. The van der Waals surface area contributed by atoms with Gasteiger partial charge in [-0.05, 0) is 29.2 Å². The molecule has 0 fully saturated rings. The van der Waals surface area contributed by atoms with Gasteiger partial charge in [-0.25, -0.2) is 0 Å². The highest BCUT2D eigenvalue weighted by Gasteiger charge is 2.01. The number of hydrogen-bond acceptors (Lipinski definition) is 2. The van der Waals surface area contributed by atoms with Gasteiger partial charge in [0, 0.05) is 6.42 Å². The summed E-state index contributed by atoms with van der Waals surface area (Å²) in [6.45, 7) is 0. The molecule has 0 spiro atoms. The van der Waals surface area contributed by atoms with E-state index in [1.54, 1.807) is 0 Å². The lowest BCUT2D eigenvalue weighted by molar-refractivity contribution is -0.140.